The highest BCUT2D eigenvalue weighted by molar-refractivity contribution is 7.71. The van der Waals surface area contributed by atoms with Gasteiger partial charge in [-0.05, 0) is 61.5 Å². The zero-order chi connectivity index (χ0) is 20.5. The number of hydrogen-bond acceptors (Lipinski definition) is 4. The van der Waals surface area contributed by atoms with Gasteiger partial charge in [-0.3, -0.25) is 4.57 Å². The predicted molar refractivity (Wildman–Crippen MR) is 115 cm³/mol. The van der Waals surface area contributed by atoms with Crippen LogP contribution in [0.3, 0.4) is 0 Å². The maximum Gasteiger partial charge on any atom is 0.207 e. The van der Waals surface area contributed by atoms with Crippen LogP contribution in [0.2, 0.25) is 0 Å². The third kappa shape index (κ3) is 3.80. The third-order valence-electron chi connectivity index (χ3n) is 5.53. The molecule has 0 spiro atoms. The number of hydrogen-bond donors (Lipinski definition) is 1. The van der Waals surface area contributed by atoms with Gasteiger partial charge in [-0.2, -0.15) is 9.78 Å². The molecule has 29 heavy (non-hydrogen) atoms. The topological polar surface area (TPSA) is 45.6 Å². The largest absolute Gasteiger partial charge is 0.493 e. The first-order valence-corrected chi connectivity index (χ1v) is 10.2. The van der Waals surface area contributed by atoms with Crippen LogP contribution >= 0.6 is 12.2 Å². The van der Waals surface area contributed by atoms with Crippen molar-refractivity contribution >= 4 is 12.2 Å². The molecule has 1 atom stereocenters. The van der Waals surface area contributed by atoms with E-state index in [0.717, 1.165) is 54.0 Å². The summed E-state index contributed by atoms with van der Waals surface area (Å²) < 4.78 is 15.7. The number of methoxy groups -OCH3 is 2. The normalized spacial score (nSPS) is 15.8. The van der Waals surface area contributed by atoms with Gasteiger partial charge >= 0.3 is 0 Å². The van der Waals surface area contributed by atoms with Crippen LogP contribution in [0.5, 0.6) is 11.5 Å². The molecule has 0 radical (unpaired) electrons. The fraction of sp³-hybridized carbons (Fsp3) is 0.364. The van der Waals surface area contributed by atoms with Gasteiger partial charge in [0.25, 0.3) is 0 Å². The molecule has 1 N–H and O–H groups in total. The van der Waals surface area contributed by atoms with Crippen molar-refractivity contribution in [2.75, 3.05) is 20.8 Å². The van der Waals surface area contributed by atoms with E-state index in [1.54, 1.807) is 14.2 Å². The molecule has 1 aromatic heterocycles. The van der Waals surface area contributed by atoms with Gasteiger partial charge < -0.3 is 14.4 Å². The second-order valence-corrected chi connectivity index (χ2v) is 7.93. The molecule has 0 saturated heterocycles. The van der Waals surface area contributed by atoms with Crippen LogP contribution in [0.15, 0.2) is 36.4 Å². The van der Waals surface area contributed by atoms with Gasteiger partial charge in [-0.25, -0.2) is 0 Å². The van der Waals surface area contributed by atoms with E-state index >= 15 is 0 Å². The molecule has 2 aromatic carbocycles. The molecule has 4 rings (SSSR count). The first kappa shape index (κ1) is 19.7. The maximum atomic E-state index is 5.77. The average molecular weight is 412 g/mol. The second-order valence-electron chi connectivity index (χ2n) is 7.56. The van der Waals surface area contributed by atoms with Gasteiger partial charge in [0, 0.05) is 17.7 Å². The Hall–Kier alpha value is -2.64. The number of aromatic nitrogens is 3. The Morgan fingerprint density at radius 2 is 1.79 bits per heavy atom. The van der Waals surface area contributed by atoms with Crippen molar-refractivity contribution in [2.45, 2.75) is 33.5 Å². The summed E-state index contributed by atoms with van der Waals surface area (Å²) in [5, 5.41) is 4.74. The highest BCUT2D eigenvalue weighted by Gasteiger charge is 2.23. The molecule has 0 fully saturated rings. The first-order valence-electron chi connectivity index (χ1n) is 9.81. The van der Waals surface area contributed by atoms with E-state index in [1.807, 2.05) is 16.2 Å². The van der Waals surface area contributed by atoms with Crippen molar-refractivity contribution < 1.29 is 14.4 Å². The standard InChI is InChI=1S/C22H26N4O2S/c1-15-6-5-7-19(10-15)26-16(2)23-25(22(26)29)14-24-9-8-17-11-20(27-3)21(28-4)12-18(17)13-24/h5-7,10-12H,8-9,13-14H2,1-4H3/p+1. The van der Waals surface area contributed by atoms with Gasteiger partial charge in [0.1, 0.15) is 12.4 Å². The minimum absolute atomic E-state index is 0.735. The molecule has 0 amide bonds. The number of benzene rings is 2. The lowest BCUT2D eigenvalue weighted by molar-refractivity contribution is -0.939. The van der Waals surface area contributed by atoms with E-state index in [0.29, 0.717) is 0 Å². The zero-order valence-corrected chi connectivity index (χ0v) is 18.2. The number of quaternary nitrogens is 1. The Morgan fingerprint density at radius 3 is 2.48 bits per heavy atom. The minimum Gasteiger partial charge on any atom is -0.493 e. The lowest BCUT2D eigenvalue weighted by atomic mass is 9.99. The van der Waals surface area contributed by atoms with Gasteiger partial charge in [0.05, 0.1) is 20.8 Å². The van der Waals surface area contributed by atoms with Crippen LogP contribution in [0.1, 0.15) is 22.5 Å². The summed E-state index contributed by atoms with van der Waals surface area (Å²) in [5.74, 6) is 2.48. The van der Waals surface area contributed by atoms with Gasteiger partial charge in [0.2, 0.25) is 4.77 Å². The average Bonchev–Trinajstić information content (AvgIpc) is 2.99. The molecule has 7 heteroatoms. The fourth-order valence-electron chi connectivity index (χ4n) is 4.06. The van der Waals surface area contributed by atoms with E-state index in [1.165, 1.54) is 21.6 Å². The molecule has 0 saturated carbocycles. The Labute approximate surface area is 176 Å². The molecule has 3 aromatic rings. The molecule has 0 bridgehead atoms. The van der Waals surface area contributed by atoms with Crippen LogP contribution < -0.4 is 14.4 Å². The Balaban J connectivity index is 1.59. The summed E-state index contributed by atoms with van der Waals surface area (Å²) in [6.45, 7) is 6.78. The number of ether oxygens (including phenoxy) is 2. The Morgan fingerprint density at radius 1 is 1.07 bits per heavy atom. The lowest BCUT2D eigenvalue weighted by Gasteiger charge is -2.26. The van der Waals surface area contributed by atoms with E-state index in [2.05, 4.69) is 43.3 Å². The van der Waals surface area contributed by atoms with Crippen molar-refractivity contribution in [3.05, 3.63) is 63.7 Å². The number of nitrogens with zero attached hydrogens (tertiary/aromatic N) is 3. The molecule has 1 aliphatic heterocycles. The summed E-state index contributed by atoms with van der Waals surface area (Å²) in [6, 6.07) is 12.6. The number of nitrogens with one attached hydrogen (secondary N) is 1. The van der Waals surface area contributed by atoms with E-state index in [4.69, 9.17) is 26.8 Å². The molecule has 152 valence electrons. The van der Waals surface area contributed by atoms with Crippen molar-refractivity contribution in [1.82, 2.24) is 14.3 Å². The van der Waals surface area contributed by atoms with Crippen LogP contribution in [0.4, 0.5) is 0 Å². The smallest absolute Gasteiger partial charge is 0.207 e. The van der Waals surface area contributed by atoms with Crippen LogP contribution in [0.25, 0.3) is 5.69 Å². The monoisotopic (exact) mass is 411 g/mol. The molecule has 0 aliphatic carbocycles. The SMILES string of the molecule is COc1cc2c(cc1OC)C[NH+](Cn1nc(C)n(-c3cccc(C)c3)c1=S)CC2. The predicted octanol–water partition coefficient (Wildman–Crippen LogP) is 2.64. The van der Waals surface area contributed by atoms with Crippen molar-refractivity contribution in [3.63, 3.8) is 0 Å². The van der Waals surface area contributed by atoms with Gasteiger partial charge in [-0.15, -0.1) is 0 Å². The number of rotatable bonds is 5. The molecule has 6 nitrogen and oxygen atoms in total. The van der Waals surface area contributed by atoms with Gasteiger partial charge in [0.15, 0.2) is 18.2 Å². The lowest BCUT2D eigenvalue weighted by Crippen LogP contribution is -3.11. The van der Waals surface area contributed by atoms with Crippen molar-refractivity contribution in [3.8, 4) is 17.2 Å². The first-order chi connectivity index (χ1) is 14.0. The van der Waals surface area contributed by atoms with E-state index in [9.17, 15) is 0 Å². The highest BCUT2D eigenvalue weighted by atomic mass is 32.1. The Kier molecular flexibility index (Phi) is 5.43. The summed E-state index contributed by atoms with van der Waals surface area (Å²) >= 11 is 5.77. The maximum absolute atomic E-state index is 5.77. The molecule has 1 aliphatic rings. The molecule has 2 heterocycles. The zero-order valence-electron chi connectivity index (χ0n) is 17.4. The summed E-state index contributed by atoms with van der Waals surface area (Å²) in [4.78, 5) is 1.43. The quantitative estimate of drug-likeness (QED) is 0.656. The fourth-order valence-corrected chi connectivity index (χ4v) is 4.40. The van der Waals surface area contributed by atoms with E-state index in [-0.39, 0.29) is 0 Å². The van der Waals surface area contributed by atoms with E-state index < -0.39 is 0 Å². The number of aryl methyl sites for hydroxylation is 2. The second kappa shape index (κ2) is 8.00. The highest BCUT2D eigenvalue weighted by Crippen LogP contribution is 2.31. The minimum atomic E-state index is 0.735. The summed E-state index contributed by atoms with van der Waals surface area (Å²) in [6.07, 6.45) is 0.996. The van der Waals surface area contributed by atoms with Gasteiger partial charge in [-0.1, -0.05) is 12.1 Å². The van der Waals surface area contributed by atoms with Crippen molar-refractivity contribution in [2.24, 2.45) is 0 Å². The van der Waals surface area contributed by atoms with Crippen molar-refractivity contribution in [1.29, 1.82) is 0 Å². The van der Waals surface area contributed by atoms with Crippen LogP contribution in [0, 0.1) is 18.6 Å². The molecule has 1 unspecified atom stereocenters. The molecular formula is C22H27N4O2S+. The van der Waals surface area contributed by atoms with Crippen LogP contribution in [-0.4, -0.2) is 35.1 Å². The van der Waals surface area contributed by atoms with Crippen LogP contribution in [-0.2, 0) is 19.6 Å². The summed E-state index contributed by atoms with van der Waals surface area (Å²) in [7, 11) is 3.36. The Bertz CT molecular complexity index is 1100. The number of fused-ring (bicyclic) bond motifs is 1. The third-order valence-corrected chi connectivity index (χ3v) is 5.92. The molecular weight excluding hydrogens is 384 g/mol. The summed E-state index contributed by atoms with van der Waals surface area (Å²) in [5.41, 5.74) is 4.90.